The number of carbonyl (C=O) groups excluding carboxylic acids is 3. The summed E-state index contributed by atoms with van der Waals surface area (Å²) in [6, 6.07) is 12.1. The van der Waals surface area contributed by atoms with Crippen LogP contribution in [0.4, 0.5) is 5.69 Å². The number of hydrogen-bond donors (Lipinski definition) is 0. The molecule has 1 fully saturated rings. The third-order valence-corrected chi connectivity index (χ3v) is 6.24. The fraction of sp³-hybridized carbons (Fsp3) is 0.160. The van der Waals surface area contributed by atoms with Gasteiger partial charge in [0.2, 0.25) is 5.91 Å². The van der Waals surface area contributed by atoms with Crippen LogP contribution in [0.5, 0.6) is 0 Å². The third-order valence-electron chi connectivity index (χ3n) is 5.70. The Kier molecular flexibility index (Phi) is 7.52. The Balaban J connectivity index is 1.49. The minimum Gasteiger partial charge on any atom is -0.461 e. The molecule has 0 N–H and O–H groups in total. The molecular formula is C25H19Cl2N3O6. The Bertz CT molecular complexity index is 1360. The zero-order valence-electron chi connectivity index (χ0n) is 18.7. The number of nitro groups is 1. The number of ketones is 1. The summed E-state index contributed by atoms with van der Waals surface area (Å²) in [5.74, 6) is -1.79. The number of hydrogen-bond acceptors (Lipinski definition) is 6. The van der Waals surface area contributed by atoms with Crippen molar-refractivity contribution in [3.8, 4) is 11.1 Å². The van der Waals surface area contributed by atoms with Gasteiger partial charge in [0.1, 0.15) is 0 Å². The Morgan fingerprint density at radius 3 is 2.33 bits per heavy atom. The van der Waals surface area contributed by atoms with Gasteiger partial charge in [-0.1, -0.05) is 41.4 Å². The molecule has 2 amide bonds. The highest BCUT2D eigenvalue weighted by atomic mass is 35.5. The van der Waals surface area contributed by atoms with E-state index in [0.717, 1.165) is 0 Å². The van der Waals surface area contributed by atoms with E-state index in [1.165, 1.54) is 58.5 Å². The van der Waals surface area contributed by atoms with E-state index in [4.69, 9.17) is 27.6 Å². The molecule has 0 unspecified atom stereocenters. The van der Waals surface area contributed by atoms with Crippen LogP contribution in [0.1, 0.15) is 16.1 Å². The van der Waals surface area contributed by atoms with Gasteiger partial charge in [-0.25, -0.2) is 0 Å². The molecule has 9 nitrogen and oxygen atoms in total. The molecule has 2 heterocycles. The SMILES string of the molecule is O=C(C(=O)N1CCN(C(=O)/C=C/c2cccc([N+](=O)[O-])c2-c2ccc(Cl)cc2Cl)CC1)c1ccco1. The lowest BCUT2D eigenvalue weighted by Gasteiger charge is -2.33. The summed E-state index contributed by atoms with van der Waals surface area (Å²) in [4.78, 5) is 51.5. The lowest BCUT2D eigenvalue weighted by Crippen LogP contribution is -2.51. The van der Waals surface area contributed by atoms with Gasteiger partial charge in [0, 0.05) is 48.9 Å². The average Bonchev–Trinajstić information content (AvgIpc) is 3.41. The van der Waals surface area contributed by atoms with Crippen LogP contribution >= 0.6 is 23.2 Å². The maximum atomic E-state index is 12.8. The first kappa shape index (κ1) is 25.2. The number of nitrogens with zero attached hydrogens (tertiary/aromatic N) is 3. The van der Waals surface area contributed by atoms with Crippen molar-refractivity contribution < 1.29 is 23.7 Å². The van der Waals surface area contributed by atoms with Crippen molar-refractivity contribution in [1.29, 1.82) is 0 Å². The molecule has 3 aromatic rings. The molecule has 11 heteroatoms. The lowest BCUT2D eigenvalue weighted by molar-refractivity contribution is -0.384. The van der Waals surface area contributed by atoms with Crippen molar-refractivity contribution in [2.24, 2.45) is 0 Å². The van der Waals surface area contributed by atoms with Crippen molar-refractivity contribution >= 4 is 52.6 Å². The second kappa shape index (κ2) is 10.8. The van der Waals surface area contributed by atoms with Crippen molar-refractivity contribution in [2.45, 2.75) is 0 Å². The molecule has 0 atom stereocenters. The number of piperazine rings is 1. The van der Waals surface area contributed by atoms with Crippen molar-refractivity contribution in [3.63, 3.8) is 0 Å². The smallest absolute Gasteiger partial charge is 0.298 e. The highest BCUT2D eigenvalue weighted by Crippen LogP contribution is 2.39. The van der Waals surface area contributed by atoms with Crippen LogP contribution in [0, 0.1) is 10.1 Å². The van der Waals surface area contributed by atoms with Crippen LogP contribution in [0.15, 0.2) is 65.3 Å². The molecule has 0 saturated carbocycles. The van der Waals surface area contributed by atoms with Crippen LogP contribution in [-0.4, -0.2) is 58.5 Å². The van der Waals surface area contributed by atoms with Crippen LogP contribution < -0.4 is 0 Å². The largest absolute Gasteiger partial charge is 0.461 e. The fourth-order valence-electron chi connectivity index (χ4n) is 3.89. The standard InChI is InChI=1S/C25H19Cl2N3O6/c26-17-7-8-18(19(27)15-17)23-16(3-1-4-20(23)30(34)35)6-9-22(31)28-10-12-29(13-11-28)25(33)24(32)21-5-2-14-36-21/h1-9,14-15H,10-13H2/b9-6+. The summed E-state index contributed by atoms with van der Waals surface area (Å²) in [6.07, 6.45) is 4.13. The van der Waals surface area contributed by atoms with E-state index in [9.17, 15) is 24.5 Å². The van der Waals surface area contributed by atoms with Crippen molar-refractivity contribution in [1.82, 2.24) is 9.80 Å². The maximum absolute atomic E-state index is 12.8. The summed E-state index contributed by atoms with van der Waals surface area (Å²) in [5, 5.41) is 12.3. The molecule has 2 aromatic carbocycles. The highest BCUT2D eigenvalue weighted by molar-refractivity contribution is 6.42. The number of carbonyl (C=O) groups is 3. The molecule has 0 aliphatic carbocycles. The van der Waals surface area contributed by atoms with Crippen molar-refractivity contribution in [3.05, 3.63) is 92.4 Å². The number of nitro benzene ring substituents is 1. The maximum Gasteiger partial charge on any atom is 0.298 e. The number of benzene rings is 2. The van der Waals surface area contributed by atoms with Crippen LogP contribution in [0.2, 0.25) is 10.0 Å². The quantitative estimate of drug-likeness (QED) is 0.150. The summed E-state index contributed by atoms with van der Waals surface area (Å²) in [6.45, 7) is 0.830. The lowest BCUT2D eigenvalue weighted by atomic mass is 9.97. The predicted octanol–water partition coefficient (Wildman–Crippen LogP) is 4.73. The van der Waals surface area contributed by atoms with Gasteiger partial charge in [-0.05, 0) is 35.9 Å². The molecule has 1 saturated heterocycles. The van der Waals surface area contributed by atoms with E-state index in [-0.39, 0.29) is 54.1 Å². The number of furan rings is 1. The number of Topliss-reactive ketones (excluding diaryl/α,β-unsaturated/α-hetero) is 1. The molecule has 0 spiro atoms. The normalized spacial score (nSPS) is 13.7. The Labute approximate surface area is 215 Å². The monoisotopic (exact) mass is 527 g/mol. The second-order valence-electron chi connectivity index (χ2n) is 7.88. The van der Waals surface area contributed by atoms with Gasteiger partial charge < -0.3 is 14.2 Å². The molecule has 0 radical (unpaired) electrons. The van der Waals surface area contributed by atoms with Gasteiger partial charge >= 0.3 is 0 Å². The Morgan fingerprint density at radius 1 is 0.972 bits per heavy atom. The first-order chi connectivity index (χ1) is 17.3. The van der Waals surface area contributed by atoms with Gasteiger partial charge in [-0.15, -0.1) is 0 Å². The van der Waals surface area contributed by atoms with Gasteiger partial charge in [-0.2, -0.15) is 0 Å². The molecule has 36 heavy (non-hydrogen) atoms. The zero-order chi connectivity index (χ0) is 25.8. The van der Waals surface area contributed by atoms with Gasteiger partial charge in [0.25, 0.3) is 17.4 Å². The van der Waals surface area contributed by atoms with Gasteiger partial charge in [0.15, 0.2) is 5.76 Å². The molecule has 1 aromatic heterocycles. The topological polar surface area (TPSA) is 114 Å². The van der Waals surface area contributed by atoms with E-state index >= 15 is 0 Å². The fourth-order valence-corrected chi connectivity index (χ4v) is 4.39. The minimum atomic E-state index is -0.737. The third kappa shape index (κ3) is 5.32. The van der Waals surface area contributed by atoms with Gasteiger partial charge in [0.05, 0.1) is 21.8 Å². The predicted molar refractivity (Wildman–Crippen MR) is 134 cm³/mol. The summed E-state index contributed by atoms with van der Waals surface area (Å²) < 4.78 is 4.99. The van der Waals surface area contributed by atoms with Crippen LogP contribution in [0.25, 0.3) is 17.2 Å². The molecule has 1 aliphatic heterocycles. The van der Waals surface area contributed by atoms with Crippen molar-refractivity contribution in [2.75, 3.05) is 26.2 Å². The second-order valence-corrected chi connectivity index (χ2v) is 8.72. The molecule has 1 aliphatic rings. The summed E-state index contributed by atoms with van der Waals surface area (Å²) in [7, 11) is 0. The summed E-state index contributed by atoms with van der Waals surface area (Å²) in [5.41, 5.74) is 0.940. The summed E-state index contributed by atoms with van der Waals surface area (Å²) >= 11 is 12.3. The number of rotatable bonds is 6. The molecular weight excluding hydrogens is 509 g/mol. The van der Waals surface area contributed by atoms with E-state index < -0.39 is 16.6 Å². The van der Waals surface area contributed by atoms with E-state index in [0.29, 0.717) is 16.1 Å². The van der Waals surface area contributed by atoms with E-state index in [1.807, 2.05) is 0 Å². The first-order valence-electron chi connectivity index (χ1n) is 10.8. The van der Waals surface area contributed by atoms with E-state index in [2.05, 4.69) is 0 Å². The van der Waals surface area contributed by atoms with Crippen LogP contribution in [0.3, 0.4) is 0 Å². The average molecular weight is 528 g/mol. The molecule has 0 bridgehead atoms. The van der Waals surface area contributed by atoms with Crippen LogP contribution in [-0.2, 0) is 9.59 Å². The molecule has 4 rings (SSSR count). The highest BCUT2D eigenvalue weighted by Gasteiger charge is 2.29. The Morgan fingerprint density at radius 2 is 1.69 bits per heavy atom. The Hall–Kier alpha value is -3.95. The number of amides is 2. The minimum absolute atomic E-state index is 0.0324. The first-order valence-corrected chi connectivity index (χ1v) is 11.6. The molecule has 184 valence electrons. The van der Waals surface area contributed by atoms with E-state index in [1.54, 1.807) is 18.2 Å². The zero-order valence-corrected chi connectivity index (χ0v) is 20.2. The number of halogens is 2. The van der Waals surface area contributed by atoms with Gasteiger partial charge in [-0.3, -0.25) is 24.5 Å².